The lowest BCUT2D eigenvalue weighted by molar-refractivity contribution is -0.644. The summed E-state index contributed by atoms with van der Waals surface area (Å²) in [5.74, 6) is -0.563. The van der Waals surface area contributed by atoms with Gasteiger partial charge in [-0.15, -0.1) is 0 Å². The Bertz CT molecular complexity index is 452. The van der Waals surface area contributed by atoms with Gasteiger partial charge < -0.3 is 25.5 Å². The third kappa shape index (κ3) is 7.35. The molecule has 0 amide bonds. The zero-order chi connectivity index (χ0) is 16.5. The number of Topliss-reactive ketones (excluding diaryl/α,β-unsaturated/α-hetero) is 1. The highest BCUT2D eigenvalue weighted by Gasteiger charge is 2.38. The Balaban J connectivity index is 0.000000690. The molecule has 0 spiro atoms. The first-order chi connectivity index (χ1) is 9.76. The molecule has 0 aromatic heterocycles. The maximum Gasteiger partial charge on any atom is 0.479 e. The van der Waals surface area contributed by atoms with Crippen LogP contribution >= 0.6 is 8.25 Å². The maximum absolute atomic E-state index is 11.0. The molecule has 3 atom stereocenters. The number of hydrogen-bond donors (Lipinski definition) is 3. The molecule has 0 saturated heterocycles. The van der Waals surface area contributed by atoms with Crippen molar-refractivity contribution in [2.45, 2.75) is 25.0 Å². The molecule has 9 heteroatoms. The van der Waals surface area contributed by atoms with Crippen LogP contribution < -0.4 is 10.2 Å². The molecule has 1 aromatic rings. The molecular formula is C12H16O8P-. The lowest BCUT2D eigenvalue weighted by Gasteiger charge is -2.29. The van der Waals surface area contributed by atoms with E-state index in [4.69, 9.17) is 19.8 Å². The Morgan fingerprint density at radius 3 is 2.24 bits per heavy atom. The van der Waals surface area contributed by atoms with Crippen LogP contribution in [0, 0.1) is 0 Å². The standard InChI is InChI=1S/C12H16O4.HO4P/c1-9(14)11(15)12(16,8-13)7-10-5-3-2-4-6-10;1-4-5(2)3/h2-6,11,13,15-16H,7-8H2,1H3;1H/p-1. The van der Waals surface area contributed by atoms with Gasteiger partial charge in [0.2, 0.25) is 0 Å². The first-order valence-corrected chi connectivity index (χ1v) is 6.86. The van der Waals surface area contributed by atoms with Crippen molar-refractivity contribution < 1.29 is 39.5 Å². The van der Waals surface area contributed by atoms with E-state index in [1.807, 2.05) is 6.07 Å². The van der Waals surface area contributed by atoms with Crippen LogP contribution in [0.4, 0.5) is 0 Å². The molecule has 3 N–H and O–H groups in total. The van der Waals surface area contributed by atoms with Gasteiger partial charge in [0.05, 0.1) is 6.61 Å². The number of hydrogen-bond acceptors (Lipinski definition) is 8. The minimum absolute atomic E-state index is 0.0328. The predicted molar refractivity (Wildman–Crippen MR) is 67.6 cm³/mol. The van der Waals surface area contributed by atoms with Crippen molar-refractivity contribution in [3.63, 3.8) is 0 Å². The Hall–Kier alpha value is -1.25. The van der Waals surface area contributed by atoms with Gasteiger partial charge in [0.25, 0.3) is 0 Å². The van der Waals surface area contributed by atoms with Crippen molar-refractivity contribution in [2.24, 2.45) is 0 Å². The number of aliphatic hydroxyl groups is 3. The topological polar surface area (TPSA) is 150 Å². The molecular weight excluding hydrogens is 303 g/mol. The fourth-order valence-electron chi connectivity index (χ4n) is 1.57. The lowest BCUT2D eigenvalue weighted by Crippen LogP contribution is -2.51. The normalized spacial score (nSPS) is 15.2. The lowest BCUT2D eigenvalue weighted by atomic mass is 9.88. The maximum atomic E-state index is 11.0. The van der Waals surface area contributed by atoms with Crippen molar-refractivity contribution in [1.82, 2.24) is 0 Å². The van der Waals surface area contributed by atoms with Crippen LogP contribution in [0.3, 0.4) is 0 Å². The van der Waals surface area contributed by atoms with E-state index in [9.17, 15) is 15.0 Å². The van der Waals surface area contributed by atoms with Crippen LogP contribution in [0.15, 0.2) is 30.3 Å². The predicted octanol–water partition coefficient (Wildman–Crippen LogP) is -1.80. The monoisotopic (exact) mass is 319 g/mol. The number of carbonyl (C=O) groups excluding carboxylic acids is 1. The minimum Gasteiger partial charge on any atom is -0.674 e. The molecule has 0 heterocycles. The van der Waals surface area contributed by atoms with E-state index in [2.05, 4.69) is 4.67 Å². The highest BCUT2D eigenvalue weighted by molar-refractivity contribution is 7.30. The second-order valence-electron chi connectivity index (χ2n) is 4.24. The Labute approximate surface area is 122 Å². The summed E-state index contributed by atoms with van der Waals surface area (Å²) < 4.78 is 11.3. The zero-order valence-corrected chi connectivity index (χ0v) is 12.1. The van der Waals surface area contributed by atoms with Gasteiger partial charge in [0, 0.05) is 6.42 Å². The molecule has 8 nitrogen and oxygen atoms in total. The van der Waals surface area contributed by atoms with E-state index in [1.165, 1.54) is 6.92 Å². The van der Waals surface area contributed by atoms with Crippen LogP contribution in [0.5, 0.6) is 0 Å². The molecule has 3 unspecified atom stereocenters. The van der Waals surface area contributed by atoms with Crippen LogP contribution in [0.1, 0.15) is 12.5 Å². The van der Waals surface area contributed by atoms with Crippen LogP contribution in [-0.2, 0) is 20.5 Å². The highest BCUT2D eigenvalue weighted by Crippen LogP contribution is 2.18. The van der Waals surface area contributed by atoms with Crippen molar-refractivity contribution >= 4 is 14.0 Å². The average Bonchev–Trinajstić information content (AvgIpc) is 2.47. The molecule has 0 fully saturated rings. The second kappa shape index (κ2) is 9.64. The summed E-state index contributed by atoms with van der Waals surface area (Å²) in [5.41, 5.74) is -1.06. The highest BCUT2D eigenvalue weighted by atomic mass is 31.1. The van der Waals surface area contributed by atoms with E-state index >= 15 is 0 Å². The van der Waals surface area contributed by atoms with Gasteiger partial charge in [0.15, 0.2) is 5.78 Å². The molecule has 118 valence electrons. The van der Waals surface area contributed by atoms with Gasteiger partial charge in [0.1, 0.15) is 11.7 Å². The summed E-state index contributed by atoms with van der Waals surface area (Å²) in [5, 5.41) is 37.2. The number of benzene rings is 1. The minimum atomic E-state index is -3.15. The first-order valence-electron chi connectivity index (χ1n) is 5.77. The van der Waals surface area contributed by atoms with Crippen LogP contribution in [0.25, 0.3) is 0 Å². The van der Waals surface area contributed by atoms with E-state index in [0.717, 1.165) is 5.56 Å². The summed E-state index contributed by atoms with van der Waals surface area (Å²) >= 11 is 0. The largest absolute Gasteiger partial charge is 0.674 e. The molecule has 1 aromatic carbocycles. The van der Waals surface area contributed by atoms with E-state index < -0.39 is 32.4 Å². The van der Waals surface area contributed by atoms with Gasteiger partial charge in [-0.1, -0.05) is 30.3 Å². The molecule has 0 aliphatic rings. The van der Waals surface area contributed by atoms with Gasteiger partial charge in [-0.05, 0) is 17.1 Å². The van der Waals surface area contributed by atoms with Crippen molar-refractivity contribution in [2.75, 3.05) is 6.61 Å². The summed E-state index contributed by atoms with van der Waals surface area (Å²) in [6.45, 7) is 0.513. The molecule has 1 rings (SSSR count). The summed E-state index contributed by atoms with van der Waals surface area (Å²) in [6, 6.07) is 8.91. The molecule has 21 heavy (non-hydrogen) atoms. The van der Waals surface area contributed by atoms with Gasteiger partial charge in [-0.2, -0.15) is 0 Å². The fraction of sp³-hybridized carbons (Fsp3) is 0.417. The Kier molecular flexibility index (Phi) is 9.07. The van der Waals surface area contributed by atoms with Crippen LogP contribution in [-0.4, -0.2) is 39.4 Å². The Morgan fingerprint density at radius 1 is 1.43 bits per heavy atom. The van der Waals surface area contributed by atoms with E-state index in [1.54, 1.807) is 24.3 Å². The molecule has 0 aliphatic heterocycles. The summed E-state index contributed by atoms with van der Waals surface area (Å²) in [4.78, 5) is 19.9. The quantitative estimate of drug-likeness (QED) is 0.316. The van der Waals surface area contributed by atoms with Crippen molar-refractivity contribution in [3.05, 3.63) is 35.9 Å². The van der Waals surface area contributed by atoms with Crippen LogP contribution in [0.2, 0.25) is 0 Å². The average molecular weight is 319 g/mol. The van der Waals surface area contributed by atoms with Crippen molar-refractivity contribution in [3.8, 4) is 0 Å². The van der Waals surface area contributed by atoms with Gasteiger partial charge in [-0.25, -0.2) is 4.67 Å². The number of aliphatic hydroxyl groups excluding tert-OH is 2. The number of ketones is 1. The number of rotatable bonds is 6. The number of carbonyl (C=O) groups is 1. The third-order valence-electron chi connectivity index (χ3n) is 2.58. The fourth-order valence-corrected chi connectivity index (χ4v) is 1.57. The van der Waals surface area contributed by atoms with Gasteiger partial charge in [-0.3, -0.25) is 4.79 Å². The molecule has 0 aliphatic carbocycles. The van der Waals surface area contributed by atoms with E-state index in [0.29, 0.717) is 0 Å². The van der Waals surface area contributed by atoms with Crippen molar-refractivity contribution in [1.29, 1.82) is 0 Å². The van der Waals surface area contributed by atoms with E-state index in [-0.39, 0.29) is 6.42 Å². The Morgan fingerprint density at radius 2 is 1.90 bits per heavy atom. The SMILES string of the molecule is CC(=O)C(O)C(O)(CO)Cc1ccccc1.O=[P+]([O-])O[O-]. The summed E-state index contributed by atoms with van der Waals surface area (Å²) in [6.07, 6.45) is -1.54. The zero-order valence-electron chi connectivity index (χ0n) is 11.2. The third-order valence-corrected chi connectivity index (χ3v) is 2.70. The molecule has 0 radical (unpaired) electrons. The summed E-state index contributed by atoms with van der Waals surface area (Å²) in [7, 11) is -3.15. The second-order valence-corrected chi connectivity index (χ2v) is 4.83. The molecule has 0 bridgehead atoms. The smallest absolute Gasteiger partial charge is 0.479 e. The molecule has 0 saturated carbocycles. The first kappa shape index (κ1) is 19.8. The van der Waals surface area contributed by atoms with Gasteiger partial charge >= 0.3 is 8.25 Å².